The number of nitrogen functional groups attached to an aromatic ring is 1. The minimum Gasteiger partial charge on any atom is -0.384 e. The third kappa shape index (κ3) is 1.62. The molecule has 0 fully saturated rings. The van der Waals surface area contributed by atoms with Crippen LogP contribution in [0.3, 0.4) is 0 Å². The van der Waals surface area contributed by atoms with Crippen LogP contribution in [0.1, 0.15) is 11.1 Å². The molecule has 2 N–H and O–H groups in total. The molecule has 90 valence electrons. The lowest BCUT2D eigenvalue weighted by atomic mass is 10.1. The van der Waals surface area contributed by atoms with Gasteiger partial charge in [-0.1, -0.05) is 0 Å². The molecule has 18 heavy (non-hydrogen) atoms. The fourth-order valence-electron chi connectivity index (χ4n) is 2.01. The molecule has 0 aliphatic carbocycles. The summed E-state index contributed by atoms with van der Waals surface area (Å²) in [5, 5.41) is 0. The Bertz CT molecular complexity index is 710. The van der Waals surface area contributed by atoms with E-state index in [2.05, 4.69) is 35.9 Å². The molecule has 2 aromatic heterocycles. The molecule has 4 nitrogen and oxygen atoms in total. The lowest BCUT2D eigenvalue weighted by molar-refractivity contribution is 1.07. The zero-order chi connectivity index (χ0) is 12.7. The van der Waals surface area contributed by atoms with Gasteiger partial charge in [0, 0.05) is 0 Å². The van der Waals surface area contributed by atoms with Gasteiger partial charge in [-0.3, -0.25) is 4.57 Å². The molecule has 0 radical (unpaired) electrons. The van der Waals surface area contributed by atoms with Gasteiger partial charge in [-0.05, 0) is 49.2 Å². The SMILES string of the molecule is Cc1cc2ncn(-c3ccc(N)nc3)c2cc1C. The first-order valence-electron chi connectivity index (χ1n) is 5.81. The van der Waals surface area contributed by atoms with Crippen molar-refractivity contribution >= 4 is 16.9 Å². The maximum atomic E-state index is 5.60. The molecule has 3 rings (SSSR count). The maximum absolute atomic E-state index is 5.60. The Labute approximate surface area is 105 Å². The summed E-state index contributed by atoms with van der Waals surface area (Å²) >= 11 is 0. The first-order valence-corrected chi connectivity index (χ1v) is 5.81. The molecule has 0 amide bonds. The predicted octanol–water partition coefficient (Wildman–Crippen LogP) is 2.62. The average Bonchev–Trinajstić information content (AvgIpc) is 2.74. The Morgan fingerprint density at radius 2 is 1.83 bits per heavy atom. The highest BCUT2D eigenvalue weighted by Crippen LogP contribution is 2.21. The summed E-state index contributed by atoms with van der Waals surface area (Å²) in [7, 11) is 0. The van der Waals surface area contributed by atoms with Gasteiger partial charge < -0.3 is 5.73 Å². The smallest absolute Gasteiger partial charge is 0.123 e. The van der Waals surface area contributed by atoms with E-state index in [9.17, 15) is 0 Å². The molecule has 0 unspecified atom stereocenters. The van der Waals surface area contributed by atoms with Crippen LogP contribution in [0.15, 0.2) is 36.8 Å². The number of aryl methyl sites for hydroxylation is 2. The summed E-state index contributed by atoms with van der Waals surface area (Å²) in [5.41, 5.74) is 11.2. The second-order valence-electron chi connectivity index (χ2n) is 4.48. The van der Waals surface area contributed by atoms with E-state index in [-0.39, 0.29) is 0 Å². The molecule has 0 bridgehead atoms. The highest BCUT2D eigenvalue weighted by atomic mass is 15.1. The molecular weight excluding hydrogens is 224 g/mol. The van der Waals surface area contributed by atoms with E-state index in [1.165, 1.54) is 11.1 Å². The zero-order valence-corrected chi connectivity index (χ0v) is 10.4. The molecule has 0 aliphatic heterocycles. The molecule has 0 atom stereocenters. The van der Waals surface area contributed by atoms with E-state index in [1.807, 2.05) is 17.0 Å². The first-order chi connectivity index (χ1) is 8.65. The summed E-state index contributed by atoms with van der Waals surface area (Å²) < 4.78 is 2.02. The Hall–Kier alpha value is -2.36. The zero-order valence-electron chi connectivity index (χ0n) is 10.4. The number of hydrogen-bond donors (Lipinski definition) is 1. The number of imidazole rings is 1. The van der Waals surface area contributed by atoms with Crippen molar-refractivity contribution in [3.05, 3.63) is 47.9 Å². The quantitative estimate of drug-likeness (QED) is 0.709. The standard InChI is InChI=1S/C14H14N4/c1-9-5-12-13(6-10(9)2)18(8-17-12)11-3-4-14(15)16-7-11/h3-8H,1-2H3,(H2,15,16). The van der Waals surface area contributed by atoms with Crippen LogP contribution in [0.4, 0.5) is 5.82 Å². The molecule has 0 saturated heterocycles. The number of rotatable bonds is 1. The van der Waals surface area contributed by atoms with Gasteiger partial charge in [0.25, 0.3) is 0 Å². The van der Waals surface area contributed by atoms with E-state index < -0.39 is 0 Å². The Morgan fingerprint density at radius 1 is 1.06 bits per heavy atom. The molecule has 4 heteroatoms. The fraction of sp³-hybridized carbons (Fsp3) is 0.143. The van der Waals surface area contributed by atoms with Crippen LogP contribution < -0.4 is 5.73 Å². The number of benzene rings is 1. The van der Waals surface area contributed by atoms with Crippen molar-refractivity contribution in [1.82, 2.24) is 14.5 Å². The minimum absolute atomic E-state index is 0.523. The molecule has 2 heterocycles. The van der Waals surface area contributed by atoms with E-state index in [1.54, 1.807) is 12.3 Å². The van der Waals surface area contributed by atoms with Crippen LogP contribution in [0.25, 0.3) is 16.7 Å². The lowest BCUT2D eigenvalue weighted by Crippen LogP contribution is -1.95. The molecule has 0 spiro atoms. The van der Waals surface area contributed by atoms with Gasteiger partial charge in [-0.15, -0.1) is 0 Å². The van der Waals surface area contributed by atoms with Crippen LogP contribution in [-0.4, -0.2) is 14.5 Å². The van der Waals surface area contributed by atoms with Crippen molar-refractivity contribution < 1.29 is 0 Å². The van der Waals surface area contributed by atoms with Crippen LogP contribution >= 0.6 is 0 Å². The van der Waals surface area contributed by atoms with E-state index in [0.717, 1.165) is 16.7 Å². The Balaban J connectivity index is 2.23. The number of nitrogens with two attached hydrogens (primary N) is 1. The normalized spacial score (nSPS) is 11.0. The highest BCUT2D eigenvalue weighted by molar-refractivity contribution is 5.79. The summed E-state index contributed by atoms with van der Waals surface area (Å²) in [4.78, 5) is 8.53. The topological polar surface area (TPSA) is 56.7 Å². The summed E-state index contributed by atoms with van der Waals surface area (Å²) in [6, 6.07) is 7.99. The van der Waals surface area contributed by atoms with Crippen LogP contribution in [0, 0.1) is 13.8 Å². The van der Waals surface area contributed by atoms with E-state index >= 15 is 0 Å². The third-order valence-electron chi connectivity index (χ3n) is 3.21. The van der Waals surface area contributed by atoms with Crippen molar-refractivity contribution in [1.29, 1.82) is 0 Å². The Kier molecular flexibility index (Phi) is 2.30. The Morgan fingerprint density at radius 3 is 2.56 bits per heavy atom. The number of aromatic nitrogens is 3. The van der Waals surface area contributed by atoms with Gasteiger partial charge >= 0.3 is 0 Å². The average molecular weight is 238 g/mol. The van der Waals surface area contributed by atoms with Gasteiger partial charge in [-0.25, -0.2) is 9.97 Å². The summed E-state index contributed by atoms with van der Waals surface area (Å²) in [6.45, 7) is 4.20. The first kappa shape index (κ1) is 10.8. The van der Waals surface area contributed by atoms with Crippen molar-refractivity contribution in [2.75, 3.05) is 5.73 Å². The lowest BCUT2D eigenvalue weighted by Gasteiger charge is -2.05. The number of anilines is 1. The van der Waals surface area contributed by atoms with Crippen LogP contribution in [0.5, 0.6) is 0 Å². The molecule has 3 aromatic rings. The number of hydrogen-bond acceptors (Lipinski definition) is 3. The van der Waals surface area contributed by atoms with Gasteiger partial charge in [0.05, 0.1) is 22.9 Å². The van der Waals surface area contributed by atoms with E-state index in [0.29, 0.717) is 5.82 Å². The second-order valence-corrected chi connectivity index (χ2v) is 4.48. The van der Waals surface area contributed by atoms with Gasteiger partial charge in [0.2, 0.25) is 0 Å². The van der Waals surface area contributed by atoms with Gasteiger partial charge in [0.1, 0.15) is 12.1 Å². The number of fused-ring (bicyclic) bond motifs is 1. The van der Waals surface area contributed by atoms with Gasteiger partial charge in [0.15, 0.2) is 0 Å². The number of nitrogens with zero attached hydrogens (tertiary/aromatic N) is 3. The highest BCUT2D eigenvalue weighted by Gasteiger charge is 2.06. The van der Waals surface area contributed by atoms with Crippen LogP contribution in [-0.2, 0) is 0 Å². The van der Waals surface area contributed by atoms with Crippen molar-refractivity contribution in [2.45, 2.75) is 13.8 Å². The largest absolute Gasteiger partial charge is 0.384 e. The van der Waals surface area contributed by atoms with E-state index in [4.69, 9.17) is 5.73 Å². The predicted molar refractivity (Wildman–Crippen MR) is 72.8 cm³/mol. The minimum atomic E-state index is 0.523. The van der Waals surface area contributed by atoms with Crippen molar-refractivity contribution in [2.24, 2.45) is 0 Å². The molecule has 1 aromatic carbocycles. The van der Waals surface area contributed by atoms with Crippen molar-refractivity contribution in [3.63, 3.8) is 0 Å². The molecule has 0 aliphatic rings. The second kappa shape index (κ2) is 3.84. The fourth-order valence-corrected chi connectivity index (χ4v) is 2.01. The van der Waals surface area contributed by atoms with Gasteiger partial charge in [-0.2, -0.15) is 0 Å². The third-order valence-corrected chi connectivity index (χ3v) is 3.21. The molecular formula is C14H14N4. The van der Waals surface area contributed by atoms with Crippen molar-refractivity contribution in [3.8, 4) is 5.69 Å². The summed E-state index contributed by atoms with van der Waals surface area (Å²) in [5.74, 6) is 0.523. The van der Waals surface area contributed by atoms with Crippen LogP contribution in [0.2, 0.25) is 0 Å². The summed E-state index contributed by atoms with van der Waals surface area (Å²) in [6.07, 6.45) is 3.57. The molecule has 0 saturated carbocycles. The monoisotopic (exact) mass is 238 g/mol. The maximum Gasteiger partial charge on any atom is 0.123 e. The number of pyridine rings is 1.